The molecule has 0 spiro atoms. The van der Waals surface area contributed by atoms with Crippen LogP contribution in [0.3, 0.4) is 0 Å². The van der Waals surface area contributed by atoms with Crippen molar-refractivity contribution < 1.29 is 13.2 Å². The molecule has 7 heteroatoms. The van der Waals surface area contributed by atoms with Crippen LogP contribution >= 0.6 is 11.3 Å². The van der Waals surface area contributed by atoms with E-state index in [9.17, 15) is 13.2 Å². The number of hydrogen-bond acceptors (Lipinski definition) is 5. The van der Waals surface area contributed by atoms with Crippen LogP contribution in [0.5, 0.6) is 0 Å². The predicted octanol–water partition coefficient (Wildman–Crippen LogP) is 3.41. The Morgan fingerprint density at radius 1 is 1.07 bits per heavy atom. The maximum atomic E-state index is 13.0. The van der Waals surface area contributed by atoms with Gasteiger partial charge in [0.05, 0.1) is 0 Å². The van der Waals surface area contributed by atoms with Crippen molar-refractivity contribution in [1.29, 1.82) is 0 Å². The van der Waals surface area contributed by atoms with Crippen molar-refractivity contribution in [2.75, 3.05) is 6.54 Å². The Hall–Kier alpha value is -2.51. The Morgan fingerprint density at radius 2 is 1.89 bits per heavy atom. The Bertz CT molecular complexity index is 957. The summed E-state index contributed by atoms with van der Waals surface area (Å²) in [5.74, 6) is -0.172. The summed E-state index contributed by atoms with van der Waals surface area (Å²) >= 11 is 1.17. The van der Waals surface area contributed by atoms with Crippen LogP contribution in [0.1, 0.15) is 22.8 Å². The average Bonchev–Trinajstić information content (AvgIpc) is 3.24. The number of amides is 1. The van der Waals surface area contributed by atoms with Crippen LogP contribution < -0.4 is 5.32 Å². The van der Waals surface area contributed by atoms with Gasteiger partial charge < -0.3 is 5.32 Å². The molecule has 1 amide bonds. The number of sulfone groups is 1. The predicted molar refractivity (Wildman–Crippen MR) is 106 cm³/mol. The summed E-state index contributed by atoms with van der Waals surface area (Å²) in [5.41, 5.74) is 1.64. The molecule has 0 aliphatic rings. The Labute approximate surface area is 163 Å². The molecule has 140 valence electrons. The van der Waals surface area contributed by atoms with E-state index in [0.29, 0.717) is 18.4 Å². The first-order chi connectivity index (χ1) is 13.1. The molecule has 0 bridgehead atoms. The van der Waals surface area contributed by atoms with Gasteiger partial charge in [-0.15, -0.1) is 11.3 Å². The van der Waals surface area contributed by atoms with Gasteiger partial charge in [0.15, 0.2) is 9.84 Å². The molecule has 5 nitrogen and oxygen atoms in total. The number of nitrogens with one attached hydrogen (secondary N) is 1. The number of nitrogens with zero attached hydrogens (tertiary/aromatic N) is 1. The zero-order valence-corrected chi connectivity index (χ0v) is 16.2. The first kappa shape index (κ1) is 19.3. The molecule has 1 N–H and O–H groups in total. The standard InChI is InChI=1S/C20H20N2O3S2/c23-19(11-10-16-6-2-1-3-7-16)22-15-18(17-8-4-12-21-14-17)27(24,25)20-9-5-13-26-20/h1-9,12-14,18H,10-11,15H2,(H,22,23). The molecule has 3 aromatic rings. The number of aryl methyl sites for hydroxylation is 1. The molecule has 0 aliphatic carbocycles. The highest BCUT2D eigenvalue weighted by Gasteiger charge is 2.30. The zero-order chi connectivity index (χ0) is 19.1. The van der Waals surface area contributed by atoms with Crippen molar-refractivity contribution in [3.05, 3.63) is 83.5 Å². The van der Waals surface area contributed by atoms with E-state index in [1.54, 1.807) is 35.8 Å². The number of rotatable bonds is 8. The van der Waals surface area contributed by atoms with Gasteiger partial charge >= 0.3 is 0 Å². The minimum atomic E-state index is -3.61. The fourth-order valence-corrected chi connectivity index (χ4v) is 5.59. The van der Waals surface area contributed by atoms with E-state index in [-0.39, 0.29) is 16.7 Å². The lowest BCUT2D eigenvalue weighted by Gasteiger charge is -2.17. The number of hydrogen-bond donors (Lipinski definition) is 1. The van der Waals surface area contributed by atoms with Crippen molar-refractivity contribution in [3.63, 3.8) is 0 Å². The molecule has 0 saturated heterocycles. The minimum absolute atomic E-state index is 0.0134. The molecular weight excluding hydrogens is 380 g/mol. The summed E-state index contributed by atoms with van der Waals surface area (Å²) < 4.78 is 26.3. The summed E-state index contributed by atoms with van der Waals surface area (Å²) in [6.45, 7) is 0.0134. The van der Waals surface area contributed by atoms with Crippen LogP contribution in [0, 0.1) is 0 Å². The van der Waals surface area contributed by atoms with Crippen molar-refractivity contribution >= 4 is 27.1 Å². The third-order valence-corrected chi connectivity index (χ3v) is 7.71. The van der Waals surface area contributed by atoms with Crippen LogP contribution in [0.2, 0.25) is 0 Å². The molecule has 27 heavy (non-hydrogen) atoms. The summed E-state index contributed by atoms with van der Waals surface area (Å²) in [5, 5.41) is 3.64. The van der Waals surface area contributed by atoms with E-state index in [0.717, 1.165) is 5.56 Å². The number of thiophene rings is 1. The van der Waals surface area contributed by atoms with Gasteiger partial charge in [0.2, 0.25) is 5.91 Å². The molecule has 1 unspecified atom stereocenters. The topological polar surface area (TPSA) is 76.1 Å². The van der Waals surface area contributed by atoms with E-state index in [1.165, 1.54) is 17.5 Å². The fourth-order valence-electron chi connectivity index (χ4n) is 2.74. The van der Waals surface area contributed by atoms with Gasteiger partial charge in [-0.05, 0) is 35.1 Å². The number of aromatic nitrogens is 1. The molecule has 2 heterocycles. The number of benzene rings is 1. The molecule has 2 aromatic heterocycles. The third kappa shape index (κ3) is 5.02. The van der Waals surface area contributed by atoms with Crippen molar-refractivity contribution in [2.24, 2.45) is 0 Å². The van der Waals surface area contributed by atoms with Gasteiger partial charge in [-0.2, -0.15) is 0 Å². The average molecular weight is 401 g/mol. The van der Waals surface area contributed by atoms with Crippen LogP contribution in [0.15, 0.2) is 76.6 Å². The fraction of sp³-hybridized carbons (Fsp3) is 0.200. The highest BCUT2D eigenvalue weighted by atomic mass is 32.2. The SMILES string of the molecule is O=C(CCc1ccccc1)NCC(c1cccnc1)S(=O)(=O)c1cccs1. The van der Waals surface area contributed by atoms with Gasteiger partial charge in [-0.1, -0.05) is 42.5 Å². The second kappa shape index (κ2) is 8.92. The number of pyridine rings is 1. The number of carbonyl (C=O) groups is 1. The Kier molecular flexibility index (Phi) is 6.36. The summed E-state index contributed by atoms with van der Waals surface area (Å²) in [4.78, 5) is 16.3. The monoisotopic (exact) mass is 400 g/mol. The summed E-state index contributed by atoms with van der Waals surface area (Å²) in [7, 11) is -3.61. The van der Waals surface area contributed by atoms with E-state index < -0.39 is 15.1 Å². The summed E-state index contributed by atoms with van der Waals surface area (Å²) in [6, 6.07) is 16.4. The van der Waals surface area contributed by atoms with E-state index in [4.69, 9.17) is 0 Å². The summed E-state index contributed by atoms with van der Waals surface area (Å²) in [6.07, 6.45) is 4.05. The van der Waals surface area contributed by atoms with Gasteiger partial charge in [-0.3, -0.25) is 9.78 Å². The molecule has 0 saturated carbocycles. The Balaban J connectivity index is 1.70. The van der Waals surface area contributed by atoms with Gasteiger partial charge in [0.1, 0.15) is 9.46 Å². The zero-order valence-electron chi connectivity index (χ0n) is 14.6. The van der Waals surface area contributed by atoms with Crippen LogP contribution in [-0.4, -0.2) is 25.9 Å². The minimum Gasteiger partial charge on any atom is -0.354 e. The van der Waals surface area contributed by atoms with Crippen LogP contribution in [0.4, 0.5) is 0 Å². The van der Waals surface area contributed by atoms with Gasteiger partial charge in [0.25, 0.3) is 0 Å². The second-order valence-corrected chi connectivity index (χ2v) is 9.35. The highest BCUT2D eigenvalue weighted by molar-refractivity contribution is 7.93. The van der Waals surface area contributed by atoms with Gasteiger partial charge in [0, 0.05) is 25.4 Å². The molecule has 0 fully saturated rings. The van der Waals surface area contributed by atoms with Crippen molar-refractivity contribution in [3.8, 4) is 0 Å². The maximum Gasteiger partial charge on any atom is 0.220 e. The maximum absolute atomic E-state index is 13.0. The lowest BCUT2D eigenvalue weighted by molar-refractivity contribution is -0.121. The van der Waals surface area contributed by atoms with E-state index in [1.807, 2.05) is 30.3 Å². The van der Waals surface area contributed by atoms with E-state index >= 15 is 0 Å². The molecular formula is C20H20N2O3S2. The smallest absolute Gasteiger partial charge is 0.220 e. The molecule has 1 atom stereocenters. The normalized spacial score (nSPS) is 12.4. The highest BCUT2D eigenvalue weighted by Crippen LogP contribution is 2.30. The van der Waals surface area contributed by atoms with Crippen molar-refractivity contribution in [2.45, 2.75) is 22.3 Å². The number of carbonyl (C=O) groups excluding carboxylic acids is 1. The van der Waals surface area contributed by atoms with Crippen LogP contribution in [-0.2, 0) is 21.1 Å². The molecule has 0 radical (unpaired) electrons. The lowest BCUT2D eigenvalue weighted by Crippen LogP contribution is -2.32. The Morgan fingerprint density at radius 3 is 2.56 bits per heavy atom. The third-order valence-electron chi connectivity index (χ3n) is 4.17. The van der Waals surface area contributed by atoms with E-state index in [2.05, 4.69) is 10.3 Å². The first-order valence-corrected chi connectivity index (χ1v) is 11.0. The first-order valence-electron chi connectivity index (χ1n) is 8.55. The van der Waals surface area contributed by atoms with Crippen LogP contribution in [0.25, 0.3) is 0 Å². The second-order valence-electron chi connectivity index (χ2n) is 6.04. The lowest BCUT2D eigenvalue weighted by atomic mass is 10.1. The largest absolute Gasteiger partial charge is 0.354 e. The molecule has 1 aromatic carbocycles. The van der Waals surface area contributed by atoms with Gasteiger partial charge in [-0.25, -0.2) is 8.42 Å². The molecule has 3 rings (SSSR count). The van der Waals surface area contributed by atoms with Crippen molar-refractivity contribution in [1.82, 2.24) is 10.3 Å². The molecule has 0 aliphatic heterocycles. The quantitative estimate of drug-likeness (QED) is 0.629.